The first-order valence-electron chi connectivity index (χ1n) is 10.3. The number of halogens is 4. The zero-order chi connectivity index (χ0) is 25.3. The van der Waals surface area contributed by atoms with Gasteiger partial charge in [0.05, 0.1) is 12.1 Å². The lowest BCUT2D eigenvalue weighted by Gasteiger charge is -2.18. The van der Waals surface area contributed by atoms with Gasteiger partial charge in [-0.15, -0.1) is 0 Å². The highest BCUT2D eigenvalue weighted by Gasteiger charge is 2.39. The number of anilines is 3. The van der Waals surface area contributed by atoms with Crippen LogP contribution in [-0.2, 0) is 20.8 Å². The minimum atomic E-state index is -0.640. The van der Waals surface area contributed by atoms with Gasteiger partial charge < -0.3 is 10.6 Å². The van der Waals surface area contributed by atoms with Crippen molar-refractivity contribution in [3.63, 3.8) is 0 Å². The molecule has 0 saturated heterocycles. The fraction of sp³-hybridized carbons (Fsp3) is 0.0800. The lowest BCUT2D eigenvalue weighted by atomic mass is 10.1. The molecule has 0 fully saturated rings. The van der Waals surface area contributed by atoms with Crippen LogP contribution in [0.25, 0.3) is 0 Å². The van der Waals surface area contributed by atoms with Crippen molar-refractivity contribution in [2.75, 3.05) is 15.5 Å². The van der Waals surface area contributed by atoms with Crippen LogP contribution in [0.1, 0.15) is 11.1 Å². The zero-order valence-electron chi connectivity index (χ0n) is 18.2. The molecule has 1 aliphatic heterocycles. The first-order chi connectivity index (χ1) is 16.6. The van der Waals surface area contributed by atoms with E-state index >= 15 is 0 Å². The fourth-order valence-corrected chi connectivity index (χ4v) is 4.44. The summed E-state index contributed by atoms with van der Waals surface area (Å²) in [5.74, 6) is -1.48. The second kappa shape index (κ2) is 10.3. The Morgan fingerprint density at radius 2 is 1.51 bits per heavy atom. The molecular weight excluding hydrogens is 532 g/mol. The summed E-state index contributed by atoms with van der Waals surface area (Å²) in [6.45, 7) is 1.72. The van der Waals surface area contributed by atoms with E-state index < -0.39 is 11.8 Å². The summed E-state index contributed by atoms with van der Waals surface area (Å²) in [6, 6.07) is 16.5. The highest BCUT2D eigenvalue weighted by atomic mass is 35.5. The third-order valence-electron chi connectivity index (χ3n) is 5.24. The van der Waals surface area contributed by atoms with Crippen LogP contribution < -0.4 is 15.5 Å². The van der Waals surface area contributed by atoms with Gasteiger partial charge in [0.1, 0.15) is 10.7 Å². The molecule has 0 aromatic heterocycles. The summed E-state index contributed by atoms with van der Waals surface area (Å²) < 4.78 is 0. The highest BCUT2D eigenvalue weighted by molar-refractivity contribution is 6.53. The van der Waals surface area contributed by atoms with Gasteiger partial charge in [-0.2, -0.15) is 0 Å². The van der Waals surface area contributed by atoms with Crippen molar-refractivity contribution in [2.45, 2.75) is 13.3 Å². The quantitative estimate of drug-likeness (QED) is 0.341. The van der Waals surface area contributed by atoms with E-state index in [1.165, 1.54) is 0 Å². The number of hydrogen-bond donors (Lipinski definition) is 2. The van der Waals surface area contributed by atoms with Crippen LogP contribution in [0.15, 0.2) is 71.4 Å². The number of nitrogens with zero attached hydrogens (tertiary/aromatic N) is 1. The van der Waals surface area contributed by atoms with E-state index in [0.717, 1.165) is 10.5 Å². The van der Waals surface area contributed by atoms with Crippen molar-refractivity contribution >= 4 is 81.2 Å². The standard InChI is InChI=1S/C25H17Cl4N3O3/c1-13-19(28)3-2-4-20(13)32-24(34)22(29)23(25(32)35)31-17-7-5-14(6-8-17)9-21(33)30-18-11-15(26)10-16(27)12-18/h2-8,10-12,31H,9H2,1H3,(H,30,33). The fourth-order valence-electron chi connectivity index (χ4n) is 3.54. The van der Waals surface area contributed by atoms with Gasteiger partial charge in [-0.1, -0.05) is 64.6 Å². The molecule has 3 amide bonds. The van der Waals surface area contributed by atoms with Crippen LogP contribution in [0.4, 0.5) is 17.1 Å². The van der Waals surface area contributed by atoms with Crippen molar-refractivity contribution < 1.29 is 14.4 Å². The van der Waals surface area contributed by atoms with Crippen LogP contribution in [-0.4, -0.2) is 17.7 Å². The molecule has 1 aliphatic rings. The zero-order valence-corrected chi connectivity index (χ0v) is 21.2. The van der Waals surface area contributed by atoms with Gasteiger partial charge >= 0.3 is 0 Å². The van der Waals surface area contributed by atoms with Gasteiger partial charge in [0.2, 0.25) is 5.91 Å². The Bertz CT molecular complexity index is 1370. The average Bonchev–Trinajstić information content (AvgIpc) is 2.99. The number of nitrogens with one attached hydrogen (secondary N) is 2. The maximum Gasteiger partial charge on any atom is 0.283 e. The minimum absolute atomic E-state index is 0.0422. The summed E-state index contributed by atoms with van der Waals surface area (Å²) in [4.78, 5) is 39.1. The number of amides is 3. The molecule has 0 atom stereocenters. The van der Waals surface area contributed by atoms with Gasteiger partial charge in [0, 0.05) is 26.4 Å². The van der Waals surface area contributed by atoms with E-state index in [9.17, 15) is 14.4 Å². The second-order valence-electron chi connectivity index (χ2n) is 7.72. The SMILES string of the molecule is Cc1c(Cl)cccc1N1C(=O)C(Cl)=C(Nc2ccc(CC(=O)Nc3cc(Cl)cc(Cl)c3)cc2)C1=O. The summed E-state index contributed by atoms with van der Waals surface area (Å²) in [5.41, 5.74) is 2.66. The van der Waals surface area contributed by atoms with Crippen molar-refractivity contribution in [3.8, 4) is 0 Å². The normalized spacial score (nSPS) is 13.5. The molecule has 6 nitrogen and oxygen atoms in total. The van der Waals surface area contributed by atoms with E-state index in [4.69, 9.17) is 46.4 Å². The van der Waals surface area contributed by atoms with Crippen LogP contribution in [0, 0.1) is 6.92 Å². The van der Waals surface area contributed by atoms with E-state index in [0.29, 0.717) is 37.7 Å². The van der Waals surface area contributed by atoms with Crippen molar-refractivity contribution in [1.82, 2.24) is 0 Å². The lowest BCUT2D eigenvalue weighted by molar-refractivity contribution is -0.120. The molecular formula is C25H17Cl4N3O3. The van der Waals surface area contributed by atoms with Gasteiger partial charge in [-0.05, 0) is 60.5 Å². The Labute approximate surface area is 221 Å². The van der Waals surface area contributed by atoms with Crippen LogP contribution in [0.3, 0.4) is 0 Å². The first-order valence-corrected chi connectivity index (χ1v) is 11.8. The van der Waals surface area contributed by atoms with Crippen LogP contribution >= 0.6 is 46.4 Å². The van der Waals surface area contributed by atoms with Crippen LogP contribution in [0.2, 0.25) is 15.1 Å². The molecule has 35 heavy (non-hydrogen) atoms. The molecule has 10 heteroatoms. The molecule has 0 saturated carbocycles. The second-order valence-corrected chi connectivity index (χ2v) is 9.38. The van der Waals surface area contributed by atoms with E-state index in [1.54, 1.807) is 67.6 Å². The average molecular weight is 549 g/mol. The molecule has 1 heterocycles. The Morgan fingerprint density at radius 1 is 0.857 bits per heavy atom. The predicted octanol–water partition coefficient (Wildman–Crippen LogP) is 6.57. The number of benzene rings is 3. The number of rotatable bonds is 6. The topological polar surface area (TPSA) is 78.5 Å². The Hall–Kier alpha value is -3.03. The van der Waals surface area contributed by atoms with E-state index in [1.807, 2.05) is 0 Å². The molecule has 0 radical (unpaired) electrons. The summed E-state index contributed by atoms with van der Waals surface area (Å²) in [6.07, 6.45) is 0.104. The van der Waals surface area contributed by atoms with Crippen molar-refractivity contribution in [3.05, 3.63) is 97.6 Å². The molecule has 0 spiro atoms. The minimum Gasteiger partial charge on any atom is -0.350 e. The monoisotopic (exact) mass is 547 g/mol. The third kappa shape index (κ3) is 5.46. The van der Waals surface area contributed by atoms with Gasteiger partial charge in [-0.25, -0.2) is 4.90 Å². The van der Waals surface area contributed by atoms with E-state index in [-0.39, 0.29) is 23.1 Å². The number of carbonyl (C=O) groups excluding carboxylic acids is 3. The van der Waals surface area contributed by atoms with Crippen molar-refractivity contribution in [1.29, 1.82) is 0 Å². The van der Waals surface area contributed by atoms with Crippen molar-refractivity contribution in [2.24, 2.45) is 0 Å². The maximum atomic E-state index is 13.0. The number of hydrogen-bond acceptors (Lipinski definition) is 4. The molecule has 178 valence electrons. The molecule has 3 aromatic carbocycles. The number of imide groups is 1. The smallest absolute Gasteiger partial charge is 0.283 e. The van der Waals surface area contributed by atoms with Gasteiger partial charge in [0.25, 0.3) is 11.8 Å². The lowest BCUT2D eigenvalue weighted by Crippen LogP contribution is -2.32. The van der Waals surface area contributed by atoms with Crippen LogP contribution in [0.5, 0.6) is 0 Å². The Morgan fingerprint density at radius 3 is 2.17 bits per heavy atom. The summed E-state index contributed by atoms with van der Waals surface area (Å²) in [7, 11) is 0. The summed E-state index contributed by atoms with van der Waals surface area (Å²) >= 11 is 24.3. The molecule has 0 bridgehead atoms. The molecule has 0 aliphatic carbocycles. The van der Waals surface area contributed by atoms with Gasteiger partial charge in [-0.3, -0.25) is 14.4 Å². The Kier molecular flexibility index (Phi) is 7.38. The largest absolute Gasteiger partial charge is 0.350 e. The number of carbonyl (C=O) groups is 3. The Balaban J connectivity index is 1.44. The molecule has 0 unspecified atom stereocenters. The summed E-state index contributed by atoms with van der Waals surface area (Å²) in [5, 5.41) is 6.69. The van der Waals surface area contributed by atoms with E-state index in [2.05, 4.69) is 10.6 Å². The van der Waals surface area contributed by atoms with Gasteiger partial charge in [0.15, 0.2) is 0 Å². The maximum absolute atomic E-state index is 13.0. The molecule has 2 N–H and O–H groups in total. The third-order valence-corrected chi connectivity index (χ3v) is 6.44. The highest BCUT2D eigenvalue weighted by Crippen LogP contribution is 2.34. The predicted molar refractivity (Wildman–Crippen MR) is 140 cm³/mol. The molecule has 3 aromatic rings. The molecule has 4 rings (SSSR count). The first kappa shape index (κ1) is 25.1.